The lowest BCUT2D eigenvalue weighted by Gasteiger charge is -2.11. The number of hydrogen-bond donors (Lipinski definition) is 1. The monoisotopic (exact) mass is 334 g/mol. The minimum absolute atomic E-state index is 0.0555. The molecule has 0 amide bonds. The first-order valence-electron chi connectivity index (χ1n) is 8.89. The molecule has 0 saturated carbocycles. The van der Waals surface area contributed by atoms with E-state index in [2.05, 4.69) is 42.2 Å². The maximum Gasteiger partial charge on any atom is 0.253 e. The maximum absolute atomic E-state index is 11.9. The van der Waals surface area contributed by atoms with Gasteiger partial charge in [0.15, 0.2) is 0 Å². The molecule has 0 saturated heterocycles. The number of rotatable bonds is 4. The summed E-state index contributed by atoms with van der Waals surface area (Å²) in [5.74, 6) is 0. The summed E-state index contributed by atoms with van der Waals surface area (Å²) in [6.45, 7) is 8.28. The normalized spacial score (nSPS) is 14.7. The molecule has 0 fully saturated rings. The maximum atomic E-state index is 11.9. The van der Waals surface area contributed by atoms with Gasteiger partial charge in [0, 0.05) is 18.8 Å². The van der Waals surface area contributed by atoms with Gasteiger partial charge in [-0.2, -0.15) is 0 Å². The van der Waals surface area contributed by atoms with E-state index in [1.807, 2.05) is 19.2 Å². The highest BCUT2D eigenvalue weighted by atomic mass is 16.1. The van der Waals surface area contributed by atoms with Crippen LogP contribution in [0.1, 0.15) is 30.4 Å². The van der Waals surface area contributed by atoms with Crippen LogP contribution in [0.4, 0.5) is 0 Å². The van der Waals surface area contributed by atoms with Gasteiger partial charge in [0.2, 0.25) is 0 Å². The largest absolute Gasteiger partial charge is 0.318 e. The smallest absolute Gasteiger partial charge is 0.253 e. The van der Waals surface area contributed by atoms with Gasteiger partial charge in [-0.25, -0.2) is 0 Å². The van der Waals surface area contributed by atoms with Crippen molar-refractivity contribution < 1.29 is 0 Å². The van der Waals surface area contributed by atoms with E-state index < -0.39 is 0 Å². The molecule has 0 unspecified atom stereocenters. The fraction of sp³-hybridized carbons (Fsp3) is 0.318. The van der Waals surface area contributed by atoms with Crippen molar-refractivity contribution in [2.45, 2.75) is 26.2 Å². The summed E-state index contributed by atoms with van der Waals surface area (Å²) in [5.41, 5.74) is 6.83. The highest BCUT2D eigenvalue weighted by Crippen LogP contribution is 2.26. The molecule has 25 heavy (non-hydrogen) atoms. The van der Waals surface area contributed by atoms with Crippen molar-refractivity contribution in [2.24, 2.45) is 7.05 Å². The first-order valence-corrected chi connectivity index (χ1v) is 8.89. The fourth-order valence-electron chi connectivity index (χ4n) is 3.33. The lowest BCUT2D eigenvalue weighted by atomic mass is 9.95. The van der Waals surface area contributed by atoms with E-state index in [-0.39, 0.29) is 5.56 Å². The topological polar surface area (TPSA) is 34.0 Å². The Balaban J connectivity index is 1.77. The quantitative estimate of drug-likeness (QED) is 0.855. The number of nitrogens with zero attached hydrogens (tertiary/aromatic N) is 1. The standard InChI is InChI=1S/C22H26N2O/c1-16(13-18-5-4-11-23-12-10-18)19-6-8-20(9-7-19)21-14-17(2)22(25)24(3)15-21/h5-9,14-15,23H,1,4,10-13H2,2-3H3. The molecule has 1 aliphatic heterocycles. The Morgan fingerprint density at radius 1 is 1.20 bits per heavy atom. The van der Waals surface area contributed by atoms with Crippen LogP contribution < -0.4 is 10.9 Å². The number of pyridine rings is 1. The van der Waals surface area contributed by atoms with Crippen LogP contribution >= 0.6 is 0 Å². The van der Waals surface area contributed by atoms with Crippen molar-refractivity contribution in [1.29, 1.82) is 0 Å². The van der Waals surface area contributed by atoms with Crippen LogP contribution in [-0.2, 0) is 7.05 Å². The first kappa shape index (κ1) is 17.4. The number of hydrogen-bond acceptors (Lipinski definition) is 2. The van der Waals surface area contributed by atoms with Gasteiger partial charge >= 0.3 is 0 Å². The van der Waals surface area contributed by atoms with Crippen LogP contribution in [0, 0.1) is 6.92 Å². The molecule has 1 aliphatic rings. The summed E-state index contributed by atoms with van der Waals surface area (Å²) in [5, 5.41) is 3.42. The Morgan fingerprint density at radius 2 is 1.96 bits per heavy atom. The summed E-state index contributed by atoms with van der Waals surface area (Å²) < 4.78 is 1.64. The fourth-order valence-corrected chi connectivity index (χ4v) is 3.33. The SMILES string of the molecule is C=C(CC1=CCCNCC1)c1ccc(-c2cc(C)c(=O)n(C)c2)cc1. The highest BCUT2D eigenvalue weighted by molar-refractivity contribution is 5.70. The first-order chi connectivity index (χ1) is 12.0. The van der Waals surface area contributed by atoms with Gasteiger partial charge in [-0.15, -0.1) is 0 Å². The number of allylic oxidation sites excluding steroid dienone is 1. The van der Waals surface area contributed by atoms with Crippen molar-refractivity contribution in [2.75, 3.05) is 13.1 Å². The predicted octanol–water partition coefficient (Wildman–Crippen LogP) is 4.07. The molecule has 1 aromatic heterocycles. The summed E-state index contributed by atoms with van der Waals surface area (Å²) in [6, 6.07) is 10.4. The van der Waals surface area contributed by atoms with Crippen molar-refractivity contribution in [3.8, 4) is 11.1 Å². The van der Waals surface area contributed by atoms with Crippen LogP contribution in [0.2, 0.25) is 0 Å². The molecule has 3 nitrogen and oxygen atoms in total. The molecule has 1 aromatic carbocycles. The second-order valence-corrected chi connectivity index (χ2v) is 6.84. The summed E-state index contributed by atoms with van der Waals surface area (Å²) >= 11 is 0. The molecule has 3 heteroatoms. The summed E-state index contributed by atoms with van der Waals surface area (Å²) in [6.07, 6.45) is 7.40. The van der Waals surface area contributed by atoms with E-state index in [1.165, 1.54) is 11.1 Å². The second kappa shape index (κ2) is 7.66. The van der Waals surface area contributed by atoms with Crippen LogP contribution in [0.25, 0.3) is 16.7 Å². The number of aryl methyl sites for hydroxylation is 2. The zero-order chi connectivity index (χ0) is 17.8. The van der Waals surface area contributed by atoms with Crippen molar-refractivity contribution in [1.82, 2.24) is 9.88 Å². The molecule has 3 rings (SSSR count). The van der Waals surface area contributed by atoms with Crippen LogP contribution in [0.3, 0.4) is 0 Å². The van der Waals surface area contributed by atoms with Gasteiger partial charge in [-0.3, -0.25) is 4.79 Å². The number of benzene rings is 1. The van der Waals surface area contributed by atoms with E-state index in [9.17, 15) is 4.79 Å². The molecule has 0 bridgehead atoms. The zero-order valence-corrected chi connectivity index (χ0v) is 15.1. The zero-order valence-electron chi connectivity index (χ0n) is 15.1. The van der Waals surface area contributed by atoms with Crippen molar-refractivity contribution >= 4 is 5.57 Å². The highest BCUT2D eigenvalue weighted by Gasteiger charge is 2.07. The lowest BCUT2D eigenvalue weighted by molar-refractivity contribution is 0.708. The molecule has 2 aromatic rings. The molecule has 0 radical (unpaired) electrons. The Morgan fingerprint density at radius 3 is 2.68 bits per heavy atom. The third kappa shape index (κ3) is 4.18. The summed E-state index contributed by atoms with van der Waals surface area (Å²) in [7, 11) is 1.80. The van der Waals surface area contributed by atoms with Gasteiger partial charge in [0.25, 0.3) is 5.56 Å². The third-order valence-electron chi connectivity index (χ3n) is 4.81. The average Bonchev–Trinajstić information content (AvgIpc) is 2.88. The molecule has 0 aliphatic carbocycles. The van der Waals surface area contributed by atoms with Crippen LogP contribution in [-0.4, -0.2) is 17.7 Å². The molecule has 1 N–H and O–H groups in total. The van der Waals surface area contributed by atoms with Gasteiger partial charge < -0.3 is 9.88 Å². The average molecular weight is 334 g/mol. The Labute approximate surface area is 149 Å². The summed E-state index contributed by atoms with van der Waals surface area (Å²) in [4.78, 5) is 11.9. The Bertz CT molecular complexity index is 830. The lowest BCUT2D eigenvalue weighted by Crippen LogP contribution is -2.18. The van der Waals surface area contributed by atoms with Gasteiger partial charge in [0.05, 0.1) is 0 Å². The van der Waals surface area contributed by atoms with Crippen LogP contribution in [0.5, 0.6) is 0 Å². The predicted molar refractivity (Wildman–Crippen MR) is 106 cm³/mol. The van der Waals surface area contributed by atoms with Crippen LogP contribution in [0.15, 0.2) is 59.6 Å². The van der Waals surface area contributed by atoms with Gasteiger partial charge in [0.1, 0.15) is 0 Å². The number of aromatic nitrogens is 1. The molecular weight excluding hydrogens is 308 g/mol. The van der Waals surface area contributed by atoms with Gasteiger partial charge in [-0.1, -0.05) is 42.5 Å². The Hall–Kier alpha value is -2.39. The molecule has 130 valence electrons. The Kier molecular flexibility index (Phi) is 5.34. The molecule has 0 atom stereocenters. The van der Waals surface area contributed by atoms with Crippen molar-refractivity contribution in [3.05, 3.63) is 76.2 Å². The molecular formula is C22H26N2O. The van der Waals surface area contributed by atoms with E-state index in [0.29, 0.717) is 0 Å². The minimum Gasteiger partial charge on any atom is -0.318 e. The van der Waals surface area contributed by atoms with Gasteiger partial charge in [-0.05, 0) is 67.6 Å². The number of nitrogens with one attached hydrogen (secondary N) is 1. The minimum atomic E-state index is 0.0555. The van der Waals surface area contributed by atoms with E-state index >= 15 is 0 Å². The van der Waals surface area contributed by atoms with E-state index in [0.717, 1.165) is 54.6 Å². The van der Waals surface area contributed by atoms with E-state index in [4.69, 9.17) is 0 Å². The van der Waals surface area contributed by atoms with Crippen molar-refractivity contribution in [3.63, 3.8) is 0 Å². The molecule has 0 spiro atoms. The molecule has 2 heterocycles. The second-order valence-electron chi connectivity index (χ2n) is 6.84. The third-order valence-corrected chi connectivity index (χ3v) is 4.81. The van der Waals surface area contributed by atoms with E-state index in [1.54, 1.807) is 11.6 Å².